The molecule has 0 amide bonds. The van der Waals surface area contributed by atoms with Crippen molar-refractivity contribution in [3.63, 3.8) is 0 Å². The van der Waals surface area contributed by atoms with Crippen LogP contribution in [0.5, 0.6) is 0 Å². The fraction of sp³-hybridized carbons (Fsp3) is 1.00. The molecular formula is C6H11AuO3S. The van der Waals surface area contributed by atoms with Crippen molar-refractivity contribution >= 4 is 12.6 Å². The van der Waals surface area contributed by atoms with Crippen molar-refractivity contribution in [3.8, 4) is 0 Å². The van der Waals surface area contributed by atoms with Gasteiger partial charge in [-0.25, -0.2) is 0 Å². The van der Waals surface area contributed by atoms with Gasteiger partial charge in [0.15, 0.2) is 0 Å². The van der Waals surface area contributed by atoms with Crippen LogP contribution >= 0.6 is 0 Å². The molecule has 1 heterocycles. The van der Waals surface area contributed by atoms with Crippen molar-refractivity contribution in [3.05, 3.63) is 0 Å². The third-order valence-electron chi connectivity index (χ3n) is 1.55. The summed E-state index contributed by atoms with van der Waals surface area (Å²) in [5.41, 5.74) is -0.332. The van der Waals surface area contributed by atoms with Gasteiger partial charge in [-0.2, -0.15) is 0 Å². The summed E-state index contributed by atoms with van der Waals surface area (Å²) in [6.07, 6.45) is 0.356. The Morgan fingerprint density at radius 1 is 1.45 bits per heavy atom. The second-order valence-corrected chi connectivity index (χ2v) is 3.02. The SMILES string of the molecule is OC[C@@H]1C[C@H](O)CC([S-])O1.[Au+]. The minimum Gasteiger partial charge on any atom is -0.761 e. The normalized spacial score (nSPS) is 37.9. The summed E-state index contributed by atoms with van der Waals surface area (Å²) in [5, 5.41) is 17.8. The summed E-state index contributed by atoms with van der Waals surface area (Å²) in [4.78, 5) is 0. The molecule has 1 fully saturated rings. The second-order valence-electron chi connectivity index (χ2n) is 2.50. The molecule has 1 aliphatic rings. The Bertz CT molecular complexity index is 104. The smallest absolute Gasteiger partial charge is 0.761 e. The van der Waals surface area contributed by atoms with Gasteiger partial charge in [0.25, 0.3) is 0 Å². The van der Waals surface area contributed by atoms with Gasteiger partial charge in [-0.3, -0.25) is 0 Å². The molecule has 11 heavy (non-hydrogen) atoms. The second kappa shape index (κ2) is 5.59. The molecule has 5 heteroatoms. The molecule has 2 N–H and O–H groups in total. The maximum Gasteiger partial charge on any atom is 1.00 e. The number of aliphatic hydroxyl groups excluding tert-OH is 2. The van der Waals surface area contributed by atoms with Crippen molar-refractivity contribution in [2.24, 2.45) is 0 Å². The molecule has 0 aliphatic carbocycles. The average molecular weight is 360 g/mol. The molecule has 70 valence electrons. The number of ether oxygens (including phenoxy) is 1. The van der Waals surface area contributed by atoms with Gasteiger partial charge in [0.2, 0.25) is 0 Å². The molecule has 3 nitrogen and oxygen atoms in total. The van der Waals surface area contributed by atoms with Crippen LogP contribution in [-0.4, -0.2) is 34.5 Å². The van der Waals surface area contributed by atoms with E-state index in [2.05, 4.69) is 0 Å². The molecule has 3 atom stereocenters. The topological polar surface area (TPSA) is 49.7 Å². The molecule has 0 aromatic rings. The van der Waals surface area contributed by atoms with E-state index < -0.39 is 6.10 Å². The molecule has 1 aliphatic heterocycles. The van der Waals surface area contributed by atoms with Crippen molar-refractivity contribution in [2.45, 2.75) is 30.5 Å². The Kier molecular flexibility index (Phi) is 6.08. The first-order valence-corrected chi connectivity index (χ1v) is 3.79. The Labute approximate surface area is 87.0 Å². The predicted molar refractivity (Wildman–Crippen MR) is 38.4 cm³/mol. The van der Waals surface area contributed by atoms with Crippen LogP contribution in [0, 0.1) is 0 Å². The van der Waals surface area contributed by atoms with E-state index in [1.807, 2.05) is 0 Å². The van der Waals surface area contributed by atoms with Crippen LogP contribution in [0.15, 0.2) is 0 Å². The predicted octanol–water partition coefficient (Wildman–Crippen LogP) is -0.611. The fourth-order valence-electron chi connectivity index (χ4n) is 1.07. The van der Waals surface area contributed by atoms with Crippen molar-refractivity contribution < 1.29 is 37.3 Å². The first kappa shape index (κ1) is 12.0. The molecule has 0 spiro atoms. The molecule has 0 bridgehead atoms. The van der Waals surface area contributed by atoms with Crippen LogP contribution in [0.3, 0.4) is 0 Å². The molecule has 0 radical (unpaired) electrons. The van der Waals surface area contributed by atoms with Crippen LogP contribution in [0.2, 0.25) is 0 Å². The Hall–Kier alpha value is 0.970. The third kappa shape index (κ3) is 3.94. The Morgan fingerprint density at radius 2 is 2.09 bits per heavy atom. The number of hydrogen-bond acceptors (Lipinski definition) is 4. The monoisotopic (exact) mass is 360 g/mol. The van der Waals surface area contributed by atoms with E-state index in [1.54, 1.807) is 0 Å². The molecule has 0 aromatic heterocycles. The average Bonchev–Trinajstić information content (AvgIpc) is 1.85. The van der Waals surface area contributed by atoms with E-state index in [-0.39, 0.29) is 40.5 Å². The van der Waals surface area contributed by atoms with E-state index in [1.165, 1.54) is 0 Å². The van der Waals surface area contributed by atoms with E-state index in [9.17, 15) is 0 Å². The van der Waals surface area contributed by atoms with Crippen LogP contribution in [0.1, 0.15) is 12.8 Å². The maximum atomic E-state index is 9.12. The van der Waals surface area contributed by atoms with Gasteiger partial charge in [0.05, 0.1) is 18.8 Å². The van der Waals surface area contributed by atoms with Gasteiger partial charge in [-0.15, -0.1) is 0 Å². The summed E-state index contributed by atoms with van der Waals surface area (Å²) >= 11 is 4.82. The quantitative estimate of drug-likeness (QED) is 0.484. The number of aliphatic hydroxyl groups is 2. The van der Waals surface area contributed by atoms with Crippen molar-refractivity contribution in [2.75, 3.05) is 6.61 Å². The minimum atomic E-state index is -0.395. The largest absolute Gasteiger partial charge is 1.00 e. The van der Waals surface area contributed by atoms with Gasteiger partial charge in [0.1, 0.15) is 0 Å². The summed E-state index contributed by atoms with van der Waals surface area (Å²) in [7, 11) is 0. The number of rotatable bonds is 1. The van der Waals surface area contributed by atoms with E-state index in [0.717, 1.165) is 0 Å². The van der Waals surface area contributed by atoms with E-state index in [4.69, 9.17) is 27.6 Å². The van der Waals surface area contributed by atoms with Crippen molar-refractivity contribution in [1.29, 1.82) is 0 Å². The summed E-state index contributed by atoms with van der Waals surface area (Å²) in [6, 6.07) is 0. The van der Waals surface area contributed by atoms with Gasteiger partial charge < -0.3 is 27.6 Å². The molecule has 0 aromatic carbocycles. The third-order valence-corrected chi connectivity index (χ3v) is 1.85. The van der Waals surface area contributed by atoms with Gasteiger partial charge in [0, 0.05) is 6.42 Å². The van der Waals surface area contributed by atoms with Crippen LogP contribution < -0.4 is 0 Å². The first-order chi connectivity index (χ1) is 4.72. The maximum absolute atomic E-state index is 9.12. The summed E-state index contributed by atoms with van der Waals surface area (Å²) in [6.45, 7) is -0.0514. The van der Waals surface area contributed by atoms with Gasteiger partial charge in [-0.1, -0.05) is 5.44 Å². The van der Waals surface area contributed by atoms with Gasteiger partial charge in [-0.05, 0) is 6.42 Å². The zero-order chi connectivity index (χ0) is 7.56. The molecule has 1 unspecified atom stereocenters. The van der Waals surface area contributed by atoms with Crippen molar-refractivity contribution in [1.82, 2.24) is 0 Å². The number of hydrogen-bond donors (Lipinski definition) is 2. The summed E-state index contributed by atoms with van der Waals surface area (Å²) < 4.78 is 5.11. The first-order valence-electron chi connectivity index (χ1n) is 3.32. The standard InChI is InChI=1S/C6H12O3S.Au/c7-3-5-1-4(8)2-6(10)9-5;/h4-8,10H,1-3H2;/q;+1/p-1/t4-,5-,6?;/m0./s1. The van der Waals surface area contributed by atoms with E-state index in [0.29, 0.717) is 12.8 Å². The zero-order valence-electron chi connectivity index (χ0n) is 5.87. The van der Waals surface area contributed by atoms with Gasteiger partial charge >= 0.3 is 22.4 Å². The summed E-state index contributed by atoms with van der Waals surface area (Å²) in [5.74, 6) is 0. The zero-order valence-corrected chi connectivity index (χ0v) is 8.85. The molecule has 1 rings (SSSR count). The van der Waals surface area contributed by atoms with Crippen LogP contribution in [0.25, 0.3) is 0 Å². The minimum absolute atomic E-state index is 0. The van der Waals surface area contributed by atoms with Crippen LogP contribution in [-0.2, 0) is 39.7 Å². The Balaban J connectivity index is 0.000001000. The van der Waals surface area contributed by atoms with Crippen LogP contribution in [0.4, 0.5) is 0 Å². The Morgan fingerprint density at radius 3 is 2.55 bits per heavy atom. The van der Waals surface area contributed by atoms with E-state index >= 15 is 0 Å². The molecule has 1 saturated heterocycles. The molecular weight excluding hydrogens is 349 g/mol. The fourth-order valence-corrected chi connectivity index (χ4v) is 1.44. The molecule has 0 saturated carbocycles.